The first-order chi connectivity index (χ1) is 9.93. The van der Waals surface area contributed by atoms with E-state index in [1.807, 2.05) is 0 Å². The number of halogens is 1. The van der Waals surface area contributed by atoms with E-state index in [4.69, 9.17) is 5.11 Å². The topological polar surface area (TPSA) is 98.7 Å². The summed E-state index contributed by atoms with van der Waals surface area (Å²) in [5.74, 6) is -2.19. The molecule has 0 aliphatic heterocycles. The van der Waals surface area contributed by atoms with Crippen LogP contribution in [0.1, 0.15) is 6.92 Å². The standard InChI is InChI=1S/C13H16FN3O4/c1-2-17(10-5-3-9(14)4-6-10)13(21)16-7-11(18)15-8-12(19)20/h3-6H,2,7-8H2,1H3,(H,15,18)(H,16,21)(H,19,20). The molecule has 0 unspecified atom stereocenters. The van der Waals surface area contributed by atoms with Gasteiger partial charge in [0.15, 0.2) is 0 Å². The van der Waals surface area contributed by atoms with Crippen molar-refractivity contribution in [3.8, 4) is 0 Å². The molecule has 114 valence electrons. The molecule has 3 N–H and O–H groups in total. The summed E-state index contributed by atoms with van der Waals surface area (Å²) < 4.78 is 12.8. The molecule has 8 heteroatoms. The third kappa shape index (κ3) is 5.47. The fraction of sp³-hybridized carbons (Fsp3) is 0.308. The van der Waals surface area contributed by atoms with Gasteiger partial charge in [-0.2, -0.15) is 0 Å². The van der Waals surface area contributed by atoms with Crippen LogP contribution in [0, 0.1) is 5.82 Å². The average Bonchev–Trinajstić information content (AvgIpc) is 2.45. The molecule has 0 bridgehead atoms. The van der Waals surface area contributed by atoms with Crippen LogP contribution in [0.25, 0.3) is 0 Å². The molecule has 0 spiro atoms. The summed E-state index contributed by atoms with van der Waals surface area (Å²) in [5.41, 5.74) is 0.488. The highest BCUT2D eigenvalue weighted by atomic mass is 19.1. The first kappa shape index (κ1) is 16.4. The number of anilines is 1. The smallest absolute Gasteiger partial charge is 0.322 e. The monoisotopic (exact) mass is 297 g/mol. The van der Waals surface area contributed by atoms with Gasteiger partial charge in [0.2, 0.25) is 5.91 Å². The van der Waals surface area contributed by atoms with Gasteiger partial charge in [0.1, 0.15) is 12.4 Å². The van der Waals surface area contributed by atoms with Crippen molar-refractivity contribution in [3.63, 3.8) is 0 Å². The van der Waals surface area contributed by atoms with Gasteiger partial charge in [-0.1, -0.05) is 0 Å². The van der Waals surface area contributed by atoms with Gasteiger partial charge >= 0.3 is 12.0 Å². The summed E-state index contributed by atoms with van der Waals surface area (Å²) in [5, 5.41) is 12.9. The quantitative estimate of drug-likeness (QED) is 0.714. The third-order valence-corrected chi connectivity index (χ3v) is 2.54. The molecular weight excluding hydrogens is 281 g/mol. The number of carboxylic acids is 1. The fourth-order valence-corrected chi connectivity index (χ4v) is 1.55. The Kier molecular flexibility index (Phi) is 6.12. The zero-order valence-corrected chi connectivity index (χ0v) is 11.4. The number of hydrogen-bond donors (Lipinski definition) is 3. The maximum atomic E-state index is 12.8. The lowest BCUT2D eigenvalue weighted by molar-refractivity contribution is -0.137. The predicted octanol–water partition coefficient (Wildman–Crippen LogP) is 0.562. The first-order valence-corrected chi connectivity index (χ1v) is 6.23. The minimum atomic E-state index is -1.17. The molecule has 0 radical (unpaired) electrons. The number of amides is 3. The lowest BCUT2D eigenvalue weighted by Crippen LogP contribution is -2.45. The second-order valence-corrected chi connectivity index (χ2v) is 4.05. The van der Waals surface area contributed by atoms with Crippen molar-refractivity contribution < 1.29 is 23.9 Å². The highest BCUT2D eigenvalue weighted by Gasteiger charge is 2.14. The Labute approximate surface area is 120 Å². The summed E-state index contributed by atoms with van der Waals surface area (Å²) in [7, 11) is 0. The number of carbonyl (C=O) groups excluding carboxylic acids is 2. The highest BCUT2D eigenvalue weighted by molar-refractivity contribution is 5.94. The molecule has 21 heavy (non-hydrogen) atoms. The van der Waals surface area contributed by atoms with Crippen LogP contribution in [0.15, 0.2) is 24.3 Å². The van der Waals surface area contributed by atoms with Crippen molar-refractivity contribution in [1.82, 2.24) is 10.6 Å². The zero-order chi connectivity index (χ0) is 15.8. The van der Waals surface area contributed by atoms with Crippen LogP contribution in [-0.2, 0) is 9.59 Å². The Hall–Kier alpha value is -2.64. The number of carboxylic acid groups (broad SMARTS) is 1. The predicted molar refractivity (Wildman–Crippen MR) is 73.5 cm³/mol. The third-order valence-electron chi connectivity index (χ3n) is 2.54. The number of carbonyl (C=O) groups is 3. The maximum Gasteiger partial charge on any atom is 0.322 e. The summed E-state index contributed by atoms with van der Waals surface area (Å²) in [6.07, 6.45) is 0. The lowest BCUT2D eigenvalue weighted by Gasteiger charge is -2.21. The van der Waals surface area contributed by atoms with Gasteiger partial charge in [-0.05, 0) is 31.2 Å². The van der Waals surface area contributed by atoms with Gasteiger partial charge in [-0.3, -0.25) is 14.5 Å². The molecule has 7 nitrogen and oxygen atoms in total. The van der Waals surface area contributed by atoms with Crippen LogP contribution in [-0.4, -0.2) is 42.6 Å². The number of urea groups is 1. The highest BCUT2D eigenvalue weighted by Crippen LogP contribution is 2.14. The molecule has 1 aromatic rings. The number of nitrogens with zero attached hydrogens (tertiary/aromatic N) is 1. The summed E-state index contributed by atoms with van der Waals surface area (Å²) in [4.78, 5) is 34.8. The Balaban J connectivity index is 2.54. The van der Waals surface area contributed by atoms with Gasteiger partial charge in [-0.25, -0.2) is 9.18 Å². The molecule has 0 aliphatic carbocycles. The molecule has 0 saturated heterocycles. The number of hydrogen-bond acceptors (Lipinski definition) is 3. The van der Waals surface area contributed by atoms with E-state index in [-0.39, 0.29) is 6.54 Å². The molecule has 1 aromatic carbocycles. The molecule has 0 saturated carbocycles. The maximum absolute atomic E-state index is 12.8. The number of aliphatic carboxylic acids is 1. The van der Waals surface area contributed by atoms with Crippen molar-refractivity contribution >= 4 is 23.6 Å². The van der Waals surface area contributed by atoms with E-state index in [1.54, 1.807) is 6.92 Å². The molecule has 0 heterocycles. The van der Waals surface area contributed by atoms with E-state index in [9.17, 15) is 18.8 Å². The Bertz CT molecular complexity index is 519. The first-order valence-electron chi connectivity index (χ1n) is 6.23. The second-order valence-electron chi connectivity index (χ2n) is 4.05. The van der Waals surface area contributed by atoms with Crippen LogP contribution in [0.2, 0.25) is 0 Å². The van der Waals surface area contributed by atoms with Crippen molar-refractivity contribution in [1.29, 1.82) is 0 Å². The van der Waals surface area contributed by atoms with Crippen molar-refractivity contribution in [2.45, 2.75) is 6.92 Å². The van der Waals surface area contributed by atoms with E-state index < -0.39 is 30.3 Å². The minimum Gasteiger partial charge on any atom is -0.480 e. The number of rotatable bonds is 6. The summed E-state index contributed by atoms with van der Waals surface area (Å²) >= 11 is 0. The number of benzene rings is 1. The van der Waals surface area contributed by atoms with Gasteiger partial charge < -0.3 is 15.7 Å². The van der Waals surface area contributed by atoms with Crippen LogP contribution < -0.4 is 15.5 Å². The Morgan fingerprint density at radius 2 is 1.76 bits per heavy atom. The molecule has 0 atom stereocenters. The van der Waals surface area contributed by atoms with Crippen molar-refractivity contribution in [2.75, 3.05) is 24.5 Å². The second kappa shape index (κ2) is 7.83. The van der Waals surface area contributed by atoms with Crippen molar-refractivity contribution in [2.24, 2.45) is 0 Å². The SMILES string of the molecule is CCN(C(=O)NCC(=O)NCC(=O)O)c1ccc(F)cc1. The minimum absolute atomic E-state index is 0.328. The van der Waals surface area contributed by atoms with Gasteiger partial charge in [0, 0.05) is 12.2 Å². The van der Waals surface area contributed by atoms with Crippen LogP contribution in [0.3, 0.4) is 0 Å². The average molecular weight is 297 g/mol. The van der Waals surface area contributed by atoms with Gasteiger partial charge in [-0.15, -0.1) is 0 Å². The lowest BCUT2D eigenvalue weighted by atomic mass is 10.3. The van der Waals surface area contributed by atoms with E-state index in [2.05, 4.69) is 10.6 Å². The fourth-order valence-electron chi connectivity index (χ4n) is 1.55. The molecule has 0 aromatic heterocycles. The molecular formula is C13H16FN3O4. The van der Waals surface area contributed by atoms with Crippen LogP contribution in [0.5, 0.6) is 0 Å². The molecule has 3 amide bonds. The normalized spacial score (nSPS) is 9.81. The van der Waals surface area contributed by atoms with Crippen molar-refractivity contribution in [3.05, 3.63) is 30.1 Å². The van der Waals surface area contributed by atoms with Gasteiger partial charge in [0.25, 0.3) is 0 Å². The van der Waals surface area contributed by atoms with E-state index in [1.165, 1.54) is 29.2 Å². The Morgan fingerprint density at radius 1 is 1.14 bits per heavy atom. The van der Waals surface area contributed by atoms with E-state index >= 15 is 0 Å². The van der Waals surface area contributed by atoms with Gasteiger partial charge in [0.05, 0.1) is 6.54 Å². The largest absolute Gasteiger partial charge is 0.480 e. The molecule has 0 aliphatic rings. The van der Waals surface area contributed by atoms with Crippen LogP contribution in [0.4, 0.5) is 14.9 Å². The molecule has 0 fully saturated rings. The zero-order valence-electron chi connectivity index (χ0n) is 11.4. The van der Waals surface area contributed by atoms with E-state index in [0.29, 0.717) is 12.2 Å². The summed E-state index contributed by atoms with van der Waals surface area (Å²) in [6.45, 7) is 1.20. The van der Waals surface area contributed by atoms with Crippen LogP contribution >= 0.6 is 0 Å². The summed E-state index contributed by atoms with van der Waals surface area (Å²) in [6, 6.07) is 4.82. The van der Waals surface area contributed by atoms with E-state index in [0.717, 1.165) is 0 Å². The molecule has 1 rings (SSSR count). The Morgan fingerprint density at radius 3 is 2.29 bits per heavy atom. The number of nitrogens with one attached hydrogen (secondary N) is 2.